The molecule has 0 saturated carbocycles. The Kier molecular flexibility index (Phi) is 5.91. The number of hydrogen-bond acceptors (Lipinski definition) is 2. The Hall–Kier alpha value is -2.16. The van der Waals surface area contributed by atoms with Crippen molar-refractivity contribution >= 4 is 10.1 Å². The molecule has 0 spiro atoms. The summed E-state index contributed by atoms with van der Waals surface area (Å²) in [7, 11) is -3.85. The molecule has 0 aliphatic carbocycles. The Labute approximate surface area is 137 Å². The Morgan fingerprint density at radius 3 is 2.09 bits per heavy atom. The van der Waals surface area contributed by atoms with Crippen LogP contribution in [0.3, 0.4) is 0 Å². The quantitative estimate of drug-likeness (QED) is 0.396. The number of aromatic nitrogens is 1. The SMILES string of the molecule is Cc1ccc(C#Cc2cc[n+](CCCCS(=O)(=O)O)cc2)cc1. The molecule has 2 aromatic rings. The van der Waals surface area contributed by atoms with Crippen LogP contribution in [-0.2, 0) is 16.7 Å². The van der Waals surface area contributed by atoms with Crippen molar-refractivity contribution in [3.8, 4) is 11.8 Å². The van der Waals surface area contributed by atoms with Gasteiger partial charge in [-0.25, -0.2) is 4.57 Å². The highest BCUT2D eigenvalue weighted by molar-refractivity contribution is 7.85. The second-order valence-electron chi connectivity index (χ2n) is 5.43. The first-order valence-electron chi connectivity index (χ1n) is 7.45. The highest BCUT2D eigenvalue weighted by atomic mass is 32.2. The van der Waals surface area contributed by atoms with E-state index in [9.17, 15) is 8.42 Å². The molecular formula is C18H20NO3S+. The van der Waals surface area contributed by atoms with Gasteiger partial charge in [-0.2, -0.15) is 8.42 Å². The van der Waals surface area contributed by atoms with Crippen molar-refractivity contribution in [2.75, 3.05) is 5.75 Å². The van der Waals surface area contributed by atoms with E-state index in [1.54, 1.807) is 0 Å². The van der Waals surface area contributed by atoms with Gasteiger partial charge in [-0.05, 0) is 25.5 Å². The van der Waals surface area contributed by atoms with Gasteiger partial charge in [0.2, 0.25) is 0 Å². The van der Waals surface area contributed by atoms with Crippen LogP contribution in [0.2, 0.25) is 0 Å². The van der Waals surface area contributed by atoms with Crippen molar-refractivity contribution in [1.29, 1.82) is 0 Å². The molecule has 0 fully saturated rings. The first-order chi connectivity index (χ1) is 10.9. The van der Waals surface area contributed by atoms with Gasteiger partial charge in [0.15, 0.2) is 12.4 Å². The third-order valence-corrected chi connectivity index (χ3v) is 4.17. The summed E-state index contributed by atoms with van der Waals surface area (Å²) >= 11 is 0. The molecular weight excluding hydrogens is 310 g/mol. The fraction of sp³-hybridized carbons (Fsp3) is 0.278. The zero-order valence-corrected chi connectivity index (χ0v) is 13.9. The van der Waals surface area contributed by atoms with E-state index in [4.69, 9.17) is 4.55 Å². The van der Waals surface area contributed by atoms with Crippen molar-refractivity contribution in [3.05, 3.63) is 65.5 Å². The average molecular weight is 330 g/mol. The first-order valence-corrected chi connectivity index (χ1v) is 9.06. The summed E-state index contributed by atoms with van der Waals surface area (Å²) in [6.07, 6.45) is 4.98. The highest BCUT2D eigenvalue weighted by Gasteiger charge is 2.05. The van der Waals surface area contributed by atoms with Gasteiger partial charge >= 0.3 is 0 Å². The van der Waals surface area contributed by atoms with Crippen LogP contribution in [0.5, 0.6) is 0 Å². The molecule has 1 N–H and O–H groups in total. The minimum atomic E-state index is -3.85. The summed E-state index contributed by atoms with van der Waals surface area (Å²) in [5, 5.41) is 0. The van der Waals surface area contributed by atoms with Crippen molar-refractivity contribution < 1.29 is 17.5 Å². The summed E-state index contributed by atoms with van der Waals surface area (Å²) in [5.41, 5.74) is 3.13. The minimum absolute atomic E-state index is 0.187. The van der Waals surface area contributed by atoms with Crippen molar-refractivity contribution in [1.82, 2.24) is 0 Å². The van der Waals surface area contributed by atoms with Gasteiger partial charge in [-0.3, -0.25) is 4.55 Å². The predicted molar refractivity (Wildman–Crippen MR) is 89.4 cm³/mol. The standard InChI is InChI=1S/C18H19NO3S/c1-16-4-6-17(7-5-16)8-9-18-10-13-19(14-11-18)12-2-3-15-23(20,21)22/h4-7,10-11,13-14H,2-3,12,15H2,1H3/p+1. The Morgan fingerprint density at radius 2 is 1.52 bits per heavy atom. The molecule has 0 aliphatic heterocycles. The van der Waals surface area contributed by atoms with Crippen LogP contribution in [0, 0.1) is 18.8 Å². The van der Waals surface area contributed by atoms with Gasteiger partial charge in [0, 0.05) is 29.7 Å². The molecule has 1 heterocycles. The van der Waals surface area contributed by atoms with E-state index in [0.29, 0.717) is 19.4 Å². The van der Waals surface area contributed by atoms with E-state index >= 15 is 0 Å². The molecule has 23 heavy (non-hydrogen) atoms. The number of nitrogens with zero attached hydrogens (tertiary/aromatic N) is 1. The van der Waals surface area contributed by atoms with Crippen LogP contribution < -0.4 is 4.57 Å². The predicted octanol–water partition coefficient (Wildman–Crippen LogP) is 2.35. The minimum Gasteiger partial charge on any atom is -0.286 e. The van der Waals surface area contributed by atoms with E-state index < -0.39 is 10.1 Å². The highest BCUT2D eigenvalue weighted by Crippen LogP contribution is 2.02. The number of aryl methyl sites for hydroxylation is 2. The summed E-state index contributed by atoms with van der Waals surface area (Å²) in [6, 6.07) is 11.9. The first kappa shape index (κ1) is 17.2. The second kappa shape index (κ2) is 7.91. The van der Waals surface area contributed by atoms with Gasteiger partial charge in [0.05, 0.1) is 5.75 Å². The van der Waals surface area contributed by atoms with E-state index in [1.807, 2.05) is 60.3 Å². The molecule has 0 saturated heterocycles. The summed E-state index contributed by atoms with van der Waals surface area (Å²) in [5.74, 6) is 6.06. The topological polar surface area (TPSA) is 58.2 Å². The second-order valence-corrected chi connectivity index (χ2v) is 7.01. The maximum Gasteiger partial charge on any atom is 0.264 e. The number of pyridine rings is 1. The van der Waals surface area contributed by atoms with Crippen LogP contribution in [0.15, 0.2) is 48.8 Å². The fourth-order valence-corrected chi connectivity index (χ4v) is 2.62. The molecule has 2 rings (SSSR count). The van der Waals surface area contributed by atoms with Crippen LogP contribution >= 0.6 is 0 Å². The van der Waals surface area contributed by atoms with Gasteiger partial charge in [0.25, 0.3) is 10.1 Å². The molecule has 0 radical (unpaired) electrons. The van der Waals surface area contributed by atoms with E-state index in [2.05, 4.69) is 11.8 Å². The van der Waals surface area contributed by atoms with Crippen molar-refractivity contribution in [3.63, 3.8) is 0 Å². The summed E-state index contributed by atoms with van der Waals surface area (Å²) in [4.78, 5) is 0. The molecule has 120 valence electrons. The Bertz CT molecular complexity index is 798. The third-order valence-electron chi connectivity index (χ3n) is 3.36. The molecule has 0 unspecified atom stereocenters. The van der Waals surface area contributed by atoms with E-state index in [1.165, 1.54) is 5.56 Å². The summed E-state index contributed by atoms with van der Waals surface area (Å²) < 4.78 is 31.9. The molecule has 1 aromatic heterocycles. The van der Waals surface area contributed by atoms with Crippen LogP contribution in [0.4, 0.5) is 0 Å². The number of rotatable bonds is 5. The fourth-order valence-electron chi connectivity index (χ4n) is 2.05. The smallest absolute Gasteiger partial charge is 0.264 e. The molecule has 0 bridgehead atoms. The largest absolute Gasteiger partial charge is 0.286 e. The van der Waals surface area contributed by atoms with Gasteiger partial charge in [-0.1, -0.05) is 29.5 Å². The zero-order valence-electron chi connectivity index (χ0n) is 13.1. The van der Waals surface area contributed by atoms with Crippen molar-refractivity contribution in [2.45, 2.75) is 26.3 Å². The van der Waals surface area contributed by atoms with E-state index in [-0.39, 0.29) is 5.75 Å². The third kappa shape index (κ3) is 6.64. The Balaban J connectivity index is 1.88. The number of unbranched alkanes of at least 4 members (excludes halogenated alkanes) is 1. The van der Waals surface area contributed by atoms with Gasteiger partial charge < -0.3 is 0 Å². The lowest BCUT2D eigenvalue weighted by Crippen LogP contribution is -2.32. The van der Waals surface area contributed by atoms with Crippen LogP contribution in [0.25, 0.3) is 0 Å². The summed E-state index contributed by atoms with van der Waals surface area (Å²) in [6.45, 7) is 2.75. The van der Waals surface area contributed by atoms with Gasteiger partial charge in [0.1, 0.15) is 6.54 Å². The van der Waals surface area contributed by atoms with Crippen LogP contribution in [0.1, 0.15) is 29.5 Å². The zero-order chi connectivity index (χ0) is 16.7. The van der Waals surface area contributed by atoms with Crippen molar-refractivity contribution in [2.24, 2.45) is 0 Å². The molecule has 4 nitrogen and oxygen atoms in total. The monoisotopic (exact) mass is 330 g/mol. The average Bonchev–Trinajstić information content (AvgIpc) is 2.51. The lowest BCUT2D eigenvalue weighted by Gasteiger charge is -1.97. The maximum atomic E-state index is 10.6. The Morgan fingerprint density at radius 1 is 0.957 bits per heavy atom. The lowest BCUT2D eigenvalue weighted by atomic mass is 10.1. The van der Waals surface area contributed by atoms with Gasteiger partial charge in [-0.15, -0.1) is 0 Å². The maximum absolute atomic E-state index is 10.6. The molecule has 0 aliphatic rings. The van der Waals surface area contributed by atoms with Crippen LogP contribution in [-0.4, -0.2) is 18.7 Å². The normalized spacial score (nSPS) is 10.9. The van der Waals surface area contributed by atoms with E-state index in [0.717, 1.165) is 11.1 Å². The number of benzene rings is 1. The molecule has 5 heteroatoms. The number of hydrogen-bond donors (Lipinski definition) is 1. The molecule has 1 aromatic carbocycles. The lowest BCUT2D eigenvalue weighted by molar-refractivity contribution is -0.697. The molecule has 0 amide bonds. The molecule has 0 atom stereocenters.